The summed E-state index contributed by atoms with van der Waals surface area (Å²) in [5.41, 5.74) is 2.36. The minimum Gasteiger partial charge on any atom is -0.391 e. The van der Waals surface area contributed by atoms with Crippen LogP contribution in [0.4, 0.5) is 10.5 Å². The number of halogens is 1. The number of imide groups is 1. The first kappa shape index (κ1) is 20.5. The molecule has 1 aromatic carbocycles. The highest BCUT2D eigenvalue weighted by atomic mass is 79.9. The van der Waals surface area contributed by atoms with Crippen LogP contribution in [0.3, 0.4) is 0 Å². The molecule has 1 aromatic heterocycles. The van der Waals surface area contributed by atoms with E-state index in [1.54, 1.807) is 11.0 Å². The second-order valence-electron chi connectivity index (χ2n) is 8.45. The van der Waals surface area contributed by atoms with Crippen LogP contribution in [0.5, 0.6) is 5.88 Å². The first-order chi connectivity index (χ1) is 14.2. The minimum absolute atomic E-state index is 0.126. The molecule has 3 amide bonds. The van der Waals surface area contributed by atoms with Gasteiger partial charge in [0.2, 0.25) is 17.7 Å². The van der Waals surface area contributed by atoms with Gasteiger partial charge in [-0.1, -0.05) is 35.8 Å². The van der Waals surface area contributed by atoms with Gasteiger partial charge in [-0.25, -0.2) is 14.7 Å². The molecule has 1 saturated heterocycles. The summed E-state index contributed by atoms with van der Waals surface area (Å²) in [5.74, 6) is -0.372. The van der Waals surface area contributed by atoms with E-state index in [2.05, 4.69) is 27.0 Å². The van der Waals surface area contributed by atoms with Gasteiger partial charge in [0.25, 0.3) is 0 Å². The Balaban J connectivity index is 1.42. The van der Waals surface area contributed by atoms with Crippen LogP contribution in [-0.4, -0.2) is 34.3 Å². The van der Waals surface area contributed by atoms with Gasteiger partial charge in [0.1, 0.15) is 0 Å². The lowest BCUT2D eigenvalue weighted by Crippen LogP contribution is -2.46. The molecule has 0 atom stereocenters. The molecule has 4 rings (SSSR count). The van der Waals surface area contributed by atoms with E-state index in [4.69, 9.17) is 4.74 Å². The molecular formula is C22H22BrN3O4. The number of pyridine rings is 1. The Hall–Kier alpha value is -2.74. The van der Waals surface area contributed by atoms with Crippen LogP contribution in [0.25, 0.3) is 0 Å². The van der Waals surface area contributed by atoms with Crippen molar-refractivity contribution in [3.63, 3.8) is 0 Å². The number of amides is 3. The third-order valence-electron chi connectivity index (χ3n) is 5.37. The standard InChI is InChI=1S/C22H22BrN3O4/c1-22(2)10-19(27)26(20(28)11-22)17-5-6-18(24-12-17)30-21(29)25-8-7-14-3-4-16(23)9-15(14)13-25/h3-6,9,12H,7-8,10-11,13H2,1-2H3. The molecule has 0 unspecified atom stereocenters. The van der Waals surface area contributed by atoms with Crippen molar-refractivity contribution in [1.29, 1.82) is 0 Å². The molecule has 30 heavy (non-hydrogen) atoms. The van der Waals surface area contributed by atoms with Crippen molar-refractivity contribution in [2.75, 3.05) is 11.4 Å². The molecule has 0 spiro atoms. The fourth-order valence-corrected chi connectivity index (χ4v) is 4.28. The van der Waals surface area contributed by atoms with E-state index in [0.29, 0.717) is 31.6 Å². The van der Waals surface area contributed by atoms with Gasteiger partial charge in [-0.2, -0.15) is 0 Å². The summed E-state index contributed by atoms with van der Waals surface area (Å²) in [6.45, 7) is 4.84. The van der Waals surface area contributed by atoms with E-state index in [1.165, 1.54) is 17.8 Å². The molecule has 156 valence electrons. The van der Waals surface area contributed by atoms with Crippen molar-refractivity contribution in [2.45, 2.75) is 39.7 Å². The molecule has 2 aliphatic heterocycles. The number of carbonyl (C=O) groups is 3. The number of piperidine rings is 1. The third kappa shape index (κ3) is 4.23. The molecule has 7 nitrogen and oxygen atoms in total. The van der Waals surface area contributed by atoms with Crippen molar-refractivity contribution < 1.29 is 19.1 Å². The van der Waals surface area contributed by atoms with Crippen LogP contribution in [0.1, 0.15) is 37.8 Å². The first-order valence-electron chi connectivity index (χ1n) is 9.78. The van der Waals surface area contributed by atoms with Crippen molar-refractivity contribution in [3.05, 3.63) is 52.1 Å². The fraction of sp³-hybridized carbons (Fsp3) is 0.364. The first-order valence-corrected chi connectivity index (χ1v) is 10.6. The summed E-state index contributed by atoms with van der Waals surface area (Å²) in [6.07, 6.45) is 2.26. The summed E-state index contributed by atoms with van der Waals surface area (Å²) in [4.78, 5) is 44.3. The number of hydrogen-bond donors (Lipinski definition) is 0. The van der Waals surface area contributed by atoms with Crippen LogP contribution in [-0.2, 0) is 22.6 Å². The number of anilines is 1. The van der Waals surface area contributed by atoms with Gasteiger partial charge < -0.3 is 9.64 Å². The van der Waals surface area contributed by atoms with E-state index >= 15 is 0 Å². The lowest BCUT2D eigenvalue weighted by Gasteiger charge is -2.34. The quantitative estimate of drug-likeness (QED) is 0.616. The smallest absolute Gasteiger partial charge is 0.391 e. The Kier molecular flexibility index (Phi) is 5.36. The van der Waals surface area contributed by atoms with E-state index in [1.807, 2.05) is 26.0 Å². The monoisotopic (exact) mass is 471 g/mol. The maximum Gasteiger partial charge on any atom is 0.416 e. The average Bonchev–Trinajstić information content (AvgIpc) is 2.67. The lowest BCUT2D eigenvalue weighted by molar-refractivity contribution is -0.132. The van der Waals surface area contributed by atoms with Crippen LogP contribution in [0.2, 0.25) is 0 Å². The molecule has 3 heterocycles. The van der Waals surface area contributed by atoms with Crippen molar-refractivity contribution in [3.8, 4) is 5.88 Å². The van der Waals surface area contributed by atoms with Crippen LogP contribution in [0, 0.1) is 5.41 Å². The fourth-order valence-electron chi connectivity index (χ4n) is 3.87. The Morgan fingerprint density at radius 3 is 2.50 bits per heavy atom. The number of aromatic nitrogens is 1. The lowest BCUT2D eigenvalue weighted by atomic mass is 9.81. The highest BCUT2D eigenvalue weighted by molar-refractivity contribution is 9.10. The van der Waals surface area contributed by atoms with Crippen LogP contribution in [0.15, 0.2) is 41.0 Å². The Morgan fingerprint density at radius 2 is 1.83 bits per heavy atom. The van der Waals surface area contributed by atoms with Crippen molar-refractivity contribution >= 4 is 39.5 Å². The zero-order valence-corrected chi connectivity index (χ0v) is 18.4. The normalized spacial score (nSPS) is 18.2. The van der Waals surface area contributed by atoms with Gasteiger partial charge in [-0.05, 0) is 41.2 Å². The van der Waals surface area contributed by atoms with Gasteiger partial charge in [0.05, 0.1) is 11.9 Å². The molecule has 8 heteroatoms. The zero-order valence-electron chi connectivity index (χ0n) is 16.9. The molecule has 0 radical (unpaired) electrons. The number of hydrogen-bond acceptors (Lipinski definition) is 5. The molecule has 2 aromatic rings. The highest BCUT2D eigenvalue weighted by Gasteiger charge is 2.38. The van der Waals surface area contributed by atoms with Gasteiger partial charge in [-0.15, -0.1) is 0 Å². The Labute approximate surface area is 183 Å². The summed E-state index contributed by atoms with van der Waals surface area (Å²) in [7, 11) is 0. The molecule has 0 aliphatic carbocycles. The van der Waals surface area contributed by atoms with E-state index < -0.39 is 6.09 Å². The Bertz CT molecular complexity index is 1000. The molecule has 1 fully saturated rings. The predicted molar refractivity (Wildman–Crippen MR) is 114 cm³/mol. The molecule has 0 bridgehead atoms. The summed E-state index contributed by atoms with van der Waals surface area (Å²) >= 11 is 3.46. The largest absolute Gasteiger partial charge is 0.416 e. The topological polar surface area (TPSA) is 79.8 Å². The SMILES string of the molecule is CC1(C)CC(=O)N(c2ccc(OC(=O)N3CCc4ccc(Br)cc4C3)nc2)C(=O)C1. The number of nitrogens with zero attached hydrogens (tertiary/aromatic N) is 3. The van der Waals surface area contributed by atoms with Crippen molar-refractivity contribution in [2.24, 2.45) is 5.41 Å². The second-order valence-corrected chi connectivity index (χ2v) is 9.36. The maximum absolute atomic E-state index is 12.6. The zero-order chi connectivity index (χ0) is 21.5. The van der Waals surface area contributed by atoms with E-state index in [-0.39, 0.29) is 23.1 Å². The van der Waals surface area contributed by atoms with Crippen molar-refractivity contribution in [1.82, 2.24) is 9.88 Å². The molecular weight excluding hydrogens is 450 g/mol. The minimum atomic E-state index is -0.479. The third-order valence-corrected chi connectivity index (χ3v) is 5.86. The average molecular weight is 472 g/mol. The molecule has 2 aliphatic rings. The van der Waals surface area contributed by atoms with Gasteiger partial charge in [0, 0.05) is 36.5 Å². The molecule has 0 N–H and O–H groups in total. The predicted octanol–water partition coefficient (Wildman–Crippen LogP) is 4.08. The second kappa shape index (κ2) is 7.83. The van der Waals surface area contributed by atoms with E-state index in [0.717, 1.165) is 21.4 Å². The number of ether oxygens (including phenoxy) is 1. The van der Waals surface area contributed by atoms with Gasteiger partial charge in [-0.3, -0.25) is 9.59 Å². The Morgan fingerprint density at radius 1 is 1.10 bits per heavy atom. The summed E-state index contributed by atoms with van der Waals surface area (Å²) in [6, 6.07) is 9.15. The number of rotatable bonds is 2. The van der Waals surface area contributed by atoms with Crippen LogP contribution < -0.4 is 9.64 Å². The summed E-state index contributed by atoms with van der Waals surface area (Å²) < 4.78 is 6.38. The maximum atomic E-state index is 12.6. The highest BCUT2D eigenvalue weighted by Crippen LogP contribution is 2.34. The van der Waals surface area contributed by atoms with Gasteiger partial charge in [0.15, 0.2) is 0 Å². The number of fused-ring (bicyclic) bond motifs is 1. The summed E-state index contributed by atoms with van der Waals surface area (Å²) in [5, 5.41) is 0. The van der Waals surface area contributed by atoms with Crippen LogP contribution >= 0.6 is 15.9 Å². The van der Waals surface area contributed by atoms with Gasteiger partial charge >= 0.3 is 6.09 Å². The number of carbonyl (C=O) groups excluding carboxylic acids is 3. The number of benzene rings is 1. The van der Waals surface area contributed by atoms with E-state index in [9.17, 15) is 14.4 Å². The molecule has 0 saturated carbocycles.